The molecule has 0 bridgehead atoms. The van der Waals surface area contributed by atoms with Gasteiger partial charge in [0.2, 0.25) is 11.8 Å². The van der Waals surface area contributed by atoms with Crippen LogP contribution in [0.3, 0.4) is 0 Å². The Kier molecular flexibility index (Phi) is 5.00. The Balaban J connectivity index is 1.44. The van der Waals surface area contributed by atoms with Crippen LogP contribution in [-0.4, -0.2) is 41.7 Å². The van der Waals surface area contributed by atoms with E-state index in [0.717, 1.165) is 43.6 Å². The van der Waals surface area contributed by atoms with Gasteiger partial charge in [0.1, 0.15) is 5.82 Å². The number of hydrogen-bond acceptors (Lipinski definition) is 5. The fourth-order valence-corrected chi connectivity index (χ4v) is 4.19. The van der Waals surface area contributed by atoms with Crippen molar-refractivity contribution in [1.29, 1.82) is 0 Å². The first-order chi connectivity index (χ1) is 13.0. The minimum absolute atomic E-state index is 0.0572. The van der Waals surface area contributed by atoms with Crippen LogP contribution in [-0.2, 0) is 12.8 Å². The minimum Gasteiger partial charge on any atom is -0.481 e. The third kappa shape index (κ3) is 3.76. The Bertz CT molecular complexity index is 842. The summed E-state index contributed by atoms with van der Waals surface area (Å²) in [6, 6.07) is 5.67. The summed E-state index contributed by atoms with van der Waals surface area (Å²) in [6.45, 7) is 6.50. The normalized spacial score (nSPS) is 20.4. The molecule has 2 atom stereocenters. The molecule has 4 heterocycles. The van der Waals surface area contributed by atoms with Crippen molar-refractivity contribution in [3.8, 4) is 11.8 Å². The lowest BCUT2D eigenvalue weighted by atomic mass is 9.99. The third-order valence-corrected chi connectivity index (χ3v) is 5.64. The van der Waals surface area contributed by atoms with E-state index in [4.69, 9.17) is 9.47 Å². The highest BCUT2D eigenvalue weighted by atomic mass is 19.1. The molecule has 6 heteroatoms. The standard InChI is InChI=1S/C21H26FN3O2/c1-13-8-16(10-19(23-13)26-3)9-15-4-6-25(12-15)14(2)20-18(22)11-17-5-7-27-21(17)24-20/h8,10-11,14-15H,4-7,9,12H2,1-3H3/t14?,15-/m1/s1. The number of pyridine rings is 2. The number of halogens is 1. The van der Waals surface area contributed by atoms with Crippen molar-refractivity contribution in [1.82, 2.24) is 14.9 Å². The van der Waals surface area contributed by atoms with Crippen LogP contribution >= 0.6 is 0 Å². The zero-order valence-corrected chi connectivity index (χ0v) is 16.2. The maximum atomic E-state index is 14.6. The highest BCUT2D eigenvalue weighted by molar-refractivity contribution is 5.33. The van der Waals surface area contributed by atoms with Crippen LogP contribution in [0.5, 0.6) is 11.8 Å². The zero-order valence-electron chi connectivity index (χ0n) is 16.2. The molecule has 0 N–H and O–H groups in total. The maximum absolute atomic E-state index is 14.6. The monoisotopic (exact) mass is 371 g/mol. The lowest BCUT2D eigenvalue weighted by molar-refractivity contribution is 0.240. The number of aromatic nitrogens is 2. The molecule has 2 aromatic heterocycles. The highest BCUT2D eigenvalue weighted by Crippen LogP contribution is 2.33. The molecule has 0 aliphatic carbocycles. The van der Waals surface area contributed by atoms with Crippen molar-refractivity contribution in [3.05, 3.63) is 46.5 Å². The van der Waals surface area contributed by atoms with Crippen molar-refractivity contribution in [3.63, 3.8) is 0 Å². The average Bonchev–Trinajstić information content (AvgIpc) is 3.28. The Morgan fingerprint density at radius 3 is 3.00 bits per heavy atom. The molecule has 5 nitrogen and oxygen atoms in total. The lowest BCUT2D eigenvalue weighted by Crippen LogP contribution is -2.26. The molecule has 2 aliphatic rings. The topological polar surface area (TPSA) is 47.5 Å². The Hall–Kier alpha value is -2.21. The Morgan fingerprint density at radius 2 is 2.19 bits per heavy atom. The van der Waals surface area contributed by atoms with Crippen LogP contribution in [0.1, 0.15) is 41.9 Å². The smallest absolute Gasteiger partial charge is 0.217 e. The van der Waals surface area contributed by atoms with Crippen LogP contribution in [0.25, 0.3) is 0 Å². The molecule has 1 unspecified atom stereocenters. The van der Waals surface area contributed by atoms with Crippen LogP contribution < -0.4 is 9.47 Å². The molecule has 0 spiro atoms. The van der Waals surface area contributed by atoms with E-state index < -0.39 is 0 Å². The van der Waals surface area contributed by atoms with Gasteiger partial charge in [0, 0.05) is 30.3 Å². The van der Waals surface area contributed by atoms with E-state index in [1.807, 2.05) is 19.9 Å². The summed E-state index contributed by atoms with van der Waals surface area (Å²) in [5, 5.41) is 0. The molecule has 4 rings (SSSR count). The number of fused-ring (bicyclic) bond motifs is 1. The van der Waals surface area contributed by atoms with Gasteiger partial charge in [0.15, 0.2) is 0 Å². The molecule has 1 saturated heterocycles. The van der Waals surface area contributed by atoms with Gasteiger partial charge in [0.25, 0.3) is 0 Å². The van der Waals surface area contributed by atoms with Crippen molar-refractivity contribution in [2.75, 3.05) is 26.8 Å². The molecule has 2 aromatic rings. The summed E-state index contributed by atoms with van der Waals surface area (Å²) in [5.41, 5.74) is 3.59. The van der Waals surface area contributed by atoms with Crippen LogP contribution in [0.15, 0.2) is 18.2 Å². The van der Waals surface area contributed by atoms with E-state index in [-0.39, 0.29) is 11.9 Å². The molecule has 0 radical (unpaired) electrons. The van der Waals surface area contributed by atoms with E-state index in [1.54, 1.807) is 13.2 Å². The maximum Gasteiger partial charge on any atom is 0.217 e. The Morgan fingerprint density at radius 1 is 1.33 bits per heavy atom. The first kappa shape index (κ1) is 18.2. The third-order valence-electron chi connectivity index (χ3n) is 5.64. The first-order valence-electron chi connectivity index (χ1n) is 9.61. The lowest BCUT2D eigenvalue weighted by Gasteiger charge is -2.24. The fourth-order valence-electron chi connectivity index (χ4n) is 4.19. The summed E-state index contributed by atoms with van der Waals surface area (Å²) in [5.74, 6) is 1.59. The number of aryl methyl sites for hydroxylation is 1. The van der Waals surface area contributed by atoms with Crippen molar-refractivity contribution in [2.24, 2.45) is 5.92 Å². The van der Waals surface area contributed by atoms with Gasteiger partial charge >= 0.3 is 0 Å². The van der Waals surface area contributed by atoms with Gasteiger partial charge in [-0.3, -0.25) is 4.90 Å². The number of ether oxygens (including phenoxy) is 2. The molecular formula is C21H26FN3O2. The summed E-state index contributed by atoms with van der Waals surface area (Å²) in [4.78, 5) is 11.2. The summed E-state index contributed by atoms with van der Waals surface area (Å²) in [7, 11) is 1.65. The molecule has 0 saturated carbocycles. The van der Waals surface area contributed by atoms with E-state index >= 15 is 0 Å². The molecule has 1 fully saturated rings. The molecule has 2 aliphatic heterocycles. The number of nitrogens with zero attached hydrogens (tertiary/aromatic N) is 3. The SMILES string of the molecule is COc1cc(C[C@H]2CCN(C(C)c3nc4c(cc3F)CCO4)C2)cc(C)n1. The van der Waals surface area contributed by atoms with Gasteiger partial charge < -0.3 is 9.47 Å². The second-order valence-electron chi connectivity index (χ2n) is 7.61. The predicted octanol–water partition coefficient (Wildman–Crippen LogP) is 3.49. The van der Waals surface area contributed by atoms with E-state index in [0.29, 0.717) is 30.0 Å². The average molecular weight is 371 g/mol. The molecule has 0 amide bonds. The number of methoxy groups -OCH3 is 1. The van der Waals surface area contributed by atoms with Gasteiger partial charge in [-0.15, -0.1) is 0 Å². The molecule has 0 aromatic carbocycles. The van der Waals surface area contributed by atoms with Crippen LogP contribution in [0, 0.1) is 18.7 Å². The Labute approximate surface area is 159 Å². The van der Waals surface area contributed by atoms with Crippen molar-refractivity contribution < 1.29 is 13.9 Å². The van der Waals surface area contributed by atoms with Gasteiger partial charge in [-0.25, -0.2) is 14.4 Å². The number of rotatable bonds is 5. The highest BCUT2D eigenvalue weighted by Gasteiger charge is 2.30. The fraction of sp³-hybridized carbons (Fsp3) is 0.524. The first-order valence-corrected chi connectivity index (χ1v) is 9.61. The largest absolute Gasteiger partial charge is 0.481 e. The van der Waals surface area contributed by atoms with E-state index in [9.17, 15) is 4.39 Å². The van der Waals surface area contributed by atoms with Crippen LogP contribution in [0.4, 0.5) is 4.39 Å². The van der Waals surface area contributed by atoms with Gasteiger partial charge in [0.05, 0.1) is 25.5 Å². The molecular weight excluding hydrogens is 345 g/mol. The van der Waals surface area contributed by atoms with Gasteiger partial charge in [-0.05, 0) is 56.8 Å². The quantitative estimate of drug-likeness (QED) is 0.805. The second-order valence-corrected chi connectivity index (χ2v) is 7.61. The molecule has 27 heavy (non-hydrogen) atoms. The molecule has 144 valence electrons. The van der Waals surface area contributed by atoms with Gasteiger partial charge in [-0.2, -0.15) is 0 Å². The van der Waals surface area contributed by atoms with E-state index in [1.165, 1.54) is 5.56 Å². The van der Waals surface area contributed by atoms with E-state index in [2.05, 4.69) is 20.9 Å². The predicted molar refractivity (Wildman–Crippen MR) is 101 cm³/mol. The minimum atomic E-state index is -0.218. The number of hydrogen-bond donors (Lipinski definition) is 0. The second kappa shape index (κ2) is 7.43. The number of likely N-dealkylation sites (tertiary alicyclic amines) is 1. The van der Waals surface area contributed by atoms with Gasteiger partial charge in [-0.1, -0.05) is 0 Å². The summed E-state index contributed by atoms with van der Waals surface area (Å²) >= 11 is 0. The van der Waals surface area contributed by atoms with Crippen LogP contribution in [0.2, 0.25) is 0 Å². The summed E-state index contributed by atoms with van der Waals surface area (Å²) < 4.78 is 25.4. The summed E-state index contributed by atoms with van der Waals surface area (Å²) in [6.07, 6.45) is 2.82. The zero-order chi connectivity index (χ0) is 19.0. The van der Waals surface area contributed by atoms with Crippen molar-refractivity contribution >= 4 is 0 Å². The van der Waals surface area contributed by atoms with Crippen molar-refractivity contribution in [2.45, 2.75) is 39.2 Å².